The molecule has 1 aliphatic rings. The number of aromatic nitrogens is 6. The molecule has 1 amide bonds. The lowest BCUT2D eigenvalue weighted by Crippen LogP contribution is -2.36. The van der Waals surface area contributed by atoms with Crippen LogP contribution in [0.5, 0.6) is 0 Å². The van der Waals surface area contributed by atoms with Gasteiger partial charge in [-0.2, -0.15) is 27.1 Å². The molecule has 1 aromatic carbocycles. The summed E-state index contributed by atoms with van der Waals surface area (Å²) < 4.78 is 79.5. The molecule has 1 atom stereocenters. The van der Waals surface area contributed by atoms with E-state index < -0.39 is 47.6 Å². The number of H-pyrrole nitrogens is 1. The van der Waals surface area contributed by atoms with Gasteiger partial charge in [-0.3, -0.25) is 9.59 Å². The molecule has 2 N–H and O–H groups in total. The normalized spacial score (nSPS) is 17.8. The molecule has 0 radical (unpaired) electrons. The molecule has 3 aromatic heterocycles. The second-order valence-corrected chi connectivity index (χ2v) is 8.53. The third-order valence-electron chi connectivity index (χ3n) is 6.19. The third kappa shape index (κ3) is 3.90. The minimum atomic E-state index is -5.74. The first-order valence-electron chi connectivity index (χ1n) is 10.7. The van der Waals surface area contributed by atoms with Crippen molar-refractivity contribution in [3.63, 3.8) is 0 Å². The summed E-state index contributed by atoms with van der Waals surface area (Å²) >= 11 is 0. The summed E-state index contributed by atoms with van der Waals surface area (Å²) in [6.45, 7) is 1.47. The average molecular weight is 523 g/mol. The van der Waals surface area contributed by atoms with Crippen molar-refractivity contribution >= 4 is 17.4 Å². The molecule has 4 heterocycles. The summed E-state index contributed by atoms with van der Waals surface area (Å²) in [6.07, 6.45) is -5.84. The number of benzene rings is 1. The standard InChI is InChI=1S/C22H15F6N7O2/c1-20(10-2-4-11(23)5-3-10)14-16(34-19(20)37)32-15(33-18(14)36)13-8-35-17(29-9-30-35)12(31-13)6-7-21(24,25)22(26,27)28/h2-5,8-9H,6-7H2,1H3,(H2,32,33,34,36,37)/t20-/m0/s1. The van der Waals surface area contributed by atoms with Gasteiger partial charge in [-0.05, 0) is 31.0 Å². The second kappa shape index (κ2) is 8.11. The van der Waals surface area contributed by atoms with Gasteiger partial charge in [0.2, 0.25) is 5.91 Å². The van der Waals surface area contributed by atoms with E-state index in [-0.39, 0.29) is 34.2 Å². The minimum Gasteiger partial charge on any atom is -0.309 e. The van der Waals surface area contributed by atoms with Gasteiger partial charge in [0, 0.05) is 6.42 Å². The SMILES string of the molecule is C[C@@]1(c2ccc(F)cc2)C(=O)Nc2nc(-c3cn4ncnc4c(CCC(F)(F)C(F)(F)F)n3)[nH]c(=O)c21. The van der Waals surface area contributed by atoms with E-state index in [1.807, 2.05) is 0 Å². The number of hydrogen-bond acceptors (Lipinski definition) is 6. The molecule has 5 rings (SSSR count). The molecule has 0 spiro atoms. The Kier molecular flexibility index (Phi) is 5.35. The summed E-state index contributed by atoms with van der Waals surface area (Å²) in [7, 11) is 0. The number of nitrogens with one attached hydrogen (secondary N) is 2. The van der Waals surface area contributed by atoms with E-state index in [0.717, 1.165) is 23.0 Å². The van der Waals surface area contributed by atoms with Crippen LogP contribution in [-0.2, 0) is 16.6 Å². The fourth-order valence-corrected chi connectivity index (χ4v) is 4.14. The van der Waals surface area contributed by atoms with Crippen molar-refractivity contribution in [2.24, 2.45) is 0 Å². The number of aryl methyl sites for hydroxylation is 1. The Labute approximate surface area is 202 Å². The van der Waals surface area contributed by atoms with Crippen molar-refractivity contribution in [2.75, 3.05) is 5.32 Å². The van der Waals surface area contributed by atoms with Gasteiger partial charge in [-0.25, -0.2) is 23.9 Å². The summed E-state index contributed by atoms with van der Waals surface area (Å²) in [6, 6.07) is 5.01. The van der Waals surface area contributed by atoms with Gasteiger partial charge in [0.15, 0.2) is 11.5 Å². The number of amides is 1. The van der Waals surface area contributed by atoms with Gasteiger partial charge in [-0.15, -0.1) is 0 Å². The molecule has 0 fully saturated rings. The molecular weight excluding hydrogens is 508 g/mol. The maximum absolute atomic E-state index is 13.5. The molecule has 192 valence electrons. The van der Waals surface area contributed by atoms with E-state index in [0.29, 0.717) is 5.56 Å². The van der Waals surface area contributed by atoms with Crippen LogP contribution in [0.3, 0.4) is 0 Å². The number of carbonyl (C=O) groups excluding carboxylic acids is 1. The smallest absolute Gasteiger partial charge is 0.309 e. The van der Waals surface area contributed by atoms with Gasteiger partial charge in [-0.1, -0.05) is 12.1 Å². The highest BCUT2D eigenvalue weighted by Crippen LogP contribution is 2.41. The van der Waals surface area contributed by atoms with Gasteiger partial charge < -0.3 is 10.3 Å². The highest BCUT2D eigenvalue weighted by molar-refractivity contribution is 6.07. The van der Waals surface area contributed by atoms with E-state index in [9.17, 15) is 35.9 Å². The maximum atomic E-state index is 13.5. The van der Waals surface area contributed by atoms with Crippen molar-refractivity contribution in [3.8, 4) is 11.5 Å². The summed E-state index contributed by atoms with van der Waals surface area (Å²) in [4.78, 5) is 40.7. The lowest BCUT2D eigenvalue weighted by Gasteiger charge is -2.21. The Morgan fingerprint density at radius 3 is 2.43 bits per heavy atom. The second-order valence-electron chi connectivity index (χ2n) is 8.53. The largest absolute Gasteiger partial charge is 0.453 e. The van der Waals surface area contributed by atoms with Crippen LogP contribution in [-0.4, -0.2) is 47.6 Å². The Hall–Kier alpha value is -4.30. The first kappa shape index (κ1) is 24.4. The van der Waals surface area contributed by atoms with E-state index in [1.54, 1.807) is 0 Å². The van der Waals surface area contributed by atoms with Crippen LogP contribution in [0, 0.1) is 5.82 Å². The van der Waals surface area contributed by atoms with E-state index in [2.05, 4.69) is 30.4 Å². The minimum absolute atomic E-state index is 0.0419. The molecule has 0 aliphatic carbocycles. The molecule has 0 bridgehead atoms. The quantitative estimate of drug-likeness (QED) is 0.388. The number of aromatic amines is 1. The fraction of sp³-hybridized carbons (Fsp3) is 0.273. The highest BCUT2D eigenvalue weighted by Gasteiger charge is 2.56. The summed E-state index contributed by atoms with van der Waals surface area (Å²) in [5, 5.41) is 6.38. The van der Waals surface area contributed by atoms with Crippen molar-refractivity contribution in [2.45, 2.75) is 37.3 Å². The van der Waals surface area contributed by atoms with Crippen molar-refractivity contribution in [1.82, 2.24) is 29.5 Å². The first-order valence-corrected chi connectivity index (χ1v) is 10.7. The molecule has 15 heteroatoms. The molecule has 0 saturated carbocycles. The van der Waals surface area contributed by atoms with Gasteiger partial charge in [0.25, 0.3) is 5.56 Å². The predicted molar refractivity (Wildman–Crippen MR) is 115 cm³/mol. The molecule has 0 saturated heterocycles. The van der Waals surface area contributed by atoms with Crippen LogP contribution in [0.4, 0.5) is 32.2 Å². The first-order chi connectivity index (χ1) is 17.3. The van der Waals surface area contributed by atoms with Gasteiger partial charge >= 0.3 is 12.1 Å². The van der Waals surface area contributed by atoms with E-state index in [1.165, 1.54) is 25.3 Å². The number of nitrogens with zero attached hydrogens (tertiary/aromatic N) is 5. The maximum Gasteiger partial charge on any atom is 0.453 e. The zero-order chi connectivity index (χ0) is 26.8. The van der Waals surface area contributed by atoms with Crippen LogP contribution >= 0.6 is 0 Å². The number of hydrogen-bond donors (Lipinski definition) is 2. The van der Waals surface area contributed by atoms with E-state index in [4.69, 9.17) is 0 Å². The summed E-state index contributed by atoms with van der Waals surface area (Å²) in [5.41, 5.74) is -2.35. The Morgan fingerprint density at radius 1 is 1.05 bits per heavy atom. The Balaban J connectivity index is 1.57. The zero-order valence-corrected chi connectivity index (χ0v) is 18.7. The number of rotatable bonds is 5. The zero-order valence-electron chi connectivity index (χ0n) is 18.7. The average Bonchev–Trinajstić information content (AvgIpc) is 3.40. The number of alkyl halides is 5. The molecule has 0 unspecified atom stereocenters. The lowest BCUT2D eigenvalue weighted by molar-refractivity contribution is -0.284. The van der Waals surface area contributed by atoms with Crippen molar-refractivity contribution in [1.29, 1.82) is 0 Å². The molecule has 9 nitrogen and oxygen atoms in total. The van der Waals surface area contributed by atoms with E-state index >= 15 is 0 Å². The molecular formula is C22H15F6N7O2. The van der Waals surface area contributed by atoms with Crippen molar-refractivity contribution < 1.29 is 31.1 Å². The monoisotopic (exact) mass is 523 g/mol. The Bertz CT molecular complexity index is 1600. The van der Waals surface area contributed by atoms with Gasteiger partial charge in [0.05, 0.1) is 17.5 Å². The number of carbonyl (C=O) groups is 1. The number of anilines is 1. The fourth-order valence-electron chi connectivity index (χ4n) is 4.14. The van der Waals surface area contributed by atoms with Crippen LogP contribution < -0.4 is 10.9 Å². The van der Waals surface area contributed by atoms with Crippen LogP contribution in [0.1, 0.15) is 30.2 Å². The lowest BCUT2D eigenvalue weighted by atomic mass is 9.78. The van der Waals surface area contributed by atoms with Crippen LogP contribution in [0.2, 0.25) is 0 Å². The molecule has 4 aromatic rings. The summed E-state index contributed by atoms with van der Waals surface area (Å²) in [5.74, 6) is -6.41. The number of halogens is 6. The number of fused-ring (bicyclic) bond motifs is 2. The molecule has 37 heavy (non-hydrogen) atoms. The van der Waals surface area contributed by atoms with Crippen molar-refractivity contribution in [3.05, 3.63) is 69.8 Å². The highest BCUT2D eigenvalue weighted by atomic mass is 19.4. The third-order valence-corrected chi connectivity index (χ3v) is 6.19. The molecule has 1 aliphatic heterocycles. The van der Waals surface area contributed by atoms with Crippen LogP contribution in [0.25, 0.3) is 17.2 Å². The Morgan fingerprint density at radius 2 is 1.76 bits per heavy atom. The van der Waals surface area contributed by atoms with Gasteiger partial charge in [0.1, 0.15) is 29.1 Å². The topological polar surface area (TPSA) is 118 Å². The predicted octanol–water partition coefficient (Wildman–Crippen LogP) is 3.40. The van der Waals surface area contributed by atoms with Crippen LogP contribution in [0.15, 0.2) is 41.6 Å².